The van der Waals surface area contributed by atoms with Crippen LogP contribution in [0.3, 0.4) is 0 Å². The molecule has 0 aliphatic carbocycles. The van der Waals surface area contributed by atoms with Gasteiger partial charge in [-0.05, 0) is 42.3 Å². The highest BCUT2D eigenvalue weighted by atomic mass is 35.5. The molecule has 0 heterocycles. The van der Waals surface area contributed by atoms with Crippen molar-refractivity contribution in [2.24, 2.45) is 5.92 Å². The van der Waals surface area contributed by atoms with Crippen LogP contribution >= 0.6 is 23.2 Å². The maximum Gasteiger partial charge on any atom is 0.299 e. The Hall–Kier alpha value is -1.47. The summed E-state index contributed by atoms with van der Waals surface area (Å²) in [5, 5.41) is 0.446. The molecule has 0 aliphatic rings. The number of hydrogen-bond acceptors (Lipinski definition) is 4. The molecular weight excluding hydrogens is 390 g/mol. The van der Waals surface area contributed by atoms with Crippen LogP contribution in [0, 0.1) is 11.7 Å². The predicted octanol–water partition coefficient (Wildman–Crippen LogP) is 4.72. The lowest BCUT2D eigenvalue weighted by molar-refractivity contribution is 0.103. The van der Waals surface area contributed by atoms with Crippen LogP contribution in [0.2, 0.25) is 10.0 Å². The fourth-order valence-corrected chi connectivity index (χ4v) is 3.48. The van der Waals surface area contributed by atoms with Crippen molar-refractivity contribution >= 4 is 39.1 Å². The van der Waals surface area contributed by atoms with Gasteiger partial charge in [-0.3, -0.25) is 8.98 Å². The van der Waals surface area contributed by atoms with Crippen LogP contribution in [0.4, 0.5) is 4.39 Å². The highest BCUT2D eigenvalue weighted by Crippen LogP contribution is 2.26. The maximum atomic E-state index is 14.0. The van der Waals surface area contributed by atoms with Crippen molar-refractivity contribution in [3.8, 4) is 0 Å². The number of rotatable bonds is 6. The van der Waals surface area contributed by atoms with Crippen LogP contribution in [0.5, 0.6) is 0 Å². The van der Waals surface area contributed by atoms with Gasteiger partial charge in [0.15, 0.2) is 5.78 Å². The van der Waals surface area contributed by atoms with Crippen molar-refractivity contribution in [3.63, 3.8) is 0 Å². The third kappa shape index (κ3) is 4.79. The minimum atomic E-state index is -4.33. The lowest BCUT2D eigenvalue weighted by Gasteiger charge is -2.10. The molecule has 0 unspecified atom stereocenters. The summed E-state index contributed by atoms with van der Waals surface area (Å²) in [6.45, 7) is 3.42. The smallest absolute Gasteiger partial charge is 0.289 e. The van der Waals surface area contributed by atoms with Gasteiger partial charge in [0.1, 0.15) is 10.7 Å². The number of carbonyl (C=O) groups excluding carboxylic acids is 1. The fourth-order valence-electron chi connectivity index (χ4n) is 1.95. The van der Waals surface area contributed by atoms with E-state index in [4.69, 9.17) is 27.4 Å². The monoisotopic (exact) mass is 404 g/mol. The molecular formula is C17H15Cl2FO4S. The van der Waals surface area contributed by atoms with Crippen molar-refractivity contribution in [3.05, 3.63) is 63.4 Å². The minimum Gasteiger partial charge on any atom is -0.289 e. The third-order valence-corrected chi connectivity index (χ3v) is 5.05. The lowest BCUT2D eigenvalue weighted by Crippen LogP contribution is -2.14. The molecule has 25 heavy (non-hydrogen) atoms. The van der Waals surface area contributed by atoms with E-state index in [0.29, 0.717) is 5.02 Å². The minimum absolute atomic E-state index is 0.0442. The van der Waals surface area contributed by atoms with E-state index in [0.717, 1.165) is 12.1 Å². The Balaban J connectivity index is 2.45. The number of ketones is 1. The molecule has 4 nitrogen and oxygen atoms in total. The van der Waals surface area contributed by atoms with E-state index in [1.807, 2.05) is 0 Å². The molecule has 0 aliphatic heterocycles. The normalized spacial score (nSPS) is 11.8. The Kier molecular flexibility index (Phi) is 6.21. The molecule has 2 aromatic carbocycles. The topological polar surface area (TPSA) is 60.4 Å². The molecule has 2 rings (SSSR count). The van der Waals surface area contributed by atoms with Gasteiger partial charge in [0.2, 0.25) is 0 Å². The van der Waals surface area contributed by atoms with E-state index in [-0.39, 0.29) is 28.7 Å². The van der Waals surface area contributed by atoms with Crippen LogP contribution in [-0.2, 0) is 14.3 Å². The van der Waals surface area contributed by atoms with Crippen LogP contribution in [0.15, 0.2) is 41.3 Å². The van der Waals surface area contributed by atoms with Crippen LogP contribution in [0.25, 0.3) is 0 Å². The van der Waals surface area contributed by atoms with Gasteiger partial charge >= 0.3 is 0 Å². The second-order valence-corrected chi connectivity index (χ2v) is 8.16. The average molecular weight is 405 g/mol. The fraction of sp³-hybridized carbons (Fsp3) is 0.235. The first-order valence-electron chi connectivity index (χ1n) is 7.30. The summed E-state index contributed by atoms with van der Waals surface area (Å²) in [5.74, 6) is -1.64. The molecule has 0 atom stereocenters. The molecule has 0 bridgehead atoms. The summed E-state index contributed by atoms with van der Waals surface area (Å²) in [6.07, 6.45) is 0. The largest absolute Gasteiger partial charge is 0.299 e. The standard InChI is InChI=1S/C17H15Cl2FO4S/c1-10(2)9-24-25(22,23)16-7-11(3-6-15(16)20)17(21)13-8-12(18)4-5-14(13)19/h3-8,10H,9H2,1-2H3. The number of carbonyl (C=O) groups is 1. The zero-order chi connectivity index (χ0) is 18.8. The van der Waals surface area contributed by atoms with E-state index < -0.39 is 26.6 Å². The Morgan fingerprint density at radius 3 is 2.48 bits per heavy atom. The quantitative estimate of drug-likeness (QED) is 0.515. The van der Waals surface area contributed by atoms with Gasteiger partial charge in [-0.2, -0.15) is 8.42 Å². The third-order valence-electron chi connectivity index (χ3n) is 3.19. The summed E-state index contributed by atoms with van der Waals surface area (Å²) in [5.41, 5.74) is 0.0458. The highest BCUT2D eigenvalue weighted by Gasteiger charge is 2.23. The first-order chi connectivity index (χ1) is 11.6. The Labute approximate surface area is 155 Å². The van der Waals surface area contributed by atoms with Gasteiger partial charge in [0.25, 0.3) is 10.1 Å². The molecule has 0 amide bonds. The Bertz CT molecular complexity index is 911. The predicted molar refractivity (Wildman–Crippen MR) is 94.3 cm³/mol. The van der Waals surface area contributed by atoms with Gasteiger partial charge < -0.3 is 0 Å². The van der Waals surface area contributed by atoms with Crippen molar-refractivity contribution in [2.45, 2.75) is 18.7 Å². The molecule has 0 radical (unpaired) electrons. The molecule has 8 heteroatoms. The van der Waals surface area contributed by atoms with Gasteiger partial charge in [-0.1, -0.05) is 37.0 Å². The number of hydrogen-bond donors (Lipinski definition) is 0. The first kappa shape index (κ1) is 19.8. The van der Waals surface area contributed by atoms with Crippen LogP contribution < -0.4 is 0 Å². The molecule has 0 saturated heterocycles. The molecule has 0 N–H and O–H groups in total. The van der Waals surface area contributed by atoms with E-state index in [9.17, 15) is 17.6 Å². The van der Waals surface area contributed by atoms with E-state index in [2.05, 4.69) is 0 Å². The summed E-state index contributed by atoms with van der Waals surface area (Å²) >= 11 is 11.9. The summed E-state index contributed by atoms with van der Waals surface area (Å²) in [6, 6.07) is 7.34. The summed E-state index contributed by atoms with van der Waals surface area (Å²) < 4.78 is 43.1. The average Bonchev–Trinajstić information content (AvgIpc) is 2.55. The SMILES string of the molecule is CC(C)COS(=O)(=O)c1cc(C(=O)c2cc(Cl)ccc2Cl)ccc1F. The Morgan fingerprint density at radius 2 is 1.84 bits per heavy atom. The van der Waals surface area contributed by atoms with Gasteiger partial charge in [-0.25, -0.2) is 4.39 Å². The number of benzene rings is 2. The molecule has 0 aromatic heterocycles. The van der Waals surface area contributed by atoms with Crippen molar-refractivity contribution in [1.29, 1.82) is 0 Å². The van der Waals surface area contributed by atoms with E-state index in [1.54, 1.807) is 13.8 Å². The molecule has 134 valence electrons. The van der Waals surface area contributed by atoms with E-state index in [1.165, 1.54) is 24.3 Å². The summed E-state index contributed by atoms with van der Waals surface area (Å²) in [4.78, 5) is 11.9. The second kappa shape index (κ2) is 7.83. The van der Waals surface area contributed by atoms with E-state index >= 15 is 0 Å². The van der Waals surface area contributed by atoms with Crippen molar-refractivity contribution in [1.82, 2.24) is 0 Å². The maximum absolute atomic E-state index is 14.0. The lowest BCUT2D eigenvalue weighted by atomic mass is 10.0. The first-order valence-corrected chi connectivity index (χ1v) is 9.47. The highest BCUT2D eigenvalue weighted by molar-refractivity contribution is 7.86. The van der Waals surface area contributed by atoms with Gasteiger partial charge in [0.05, 0.1) is 11.6 Å². The van der Waals surface area contributed by atoms with Crippen molar-refractivity contribution < 1.29 is 21.8 Å². The van der Waals surface area contributed by atoms with Gasteiger partial charge in [0, 0.05) is 16.1 Å². The molecule has 0 saturated carbocycles. The van der Waals surface area contributed by atoms with Crippen LogP contribution in [-0.4, -0.2) is 20.8 Å². The zero-order valence-electron chi connectivity index (χ0n) is 13.4. The molecule has 0 fully saturated rings. The van der Waals surface area contributed by atoms with Gasteiger partial charge in [-0.15, -0.1) is 0 Å². The van der Waals surface area contributed by atoms with Crippen molar-refractivity contribution in [2.75, 3.05) is 6.61 Å². The Morgan fingerprint density at radius 1 is 1.16 bits per heavy atom. The molecule has 0 spiro atoms. The summed E-state index contributed by atoms with van der Waals surface area (Å²) in [7, 11) is -4.33. The number of halogens is 3. The molecule has 2 aromatic rings. The second-order valence-electron chi connectivity index (χ2n) is 5.73. The van der Waals surface area contributed by atoms with Crippen LogP contribution in [0.1, 0.15) is 29.8 Å². The zero-order valence-corrected chi connectivity index (χ0v) is 15.8.